The number of fused-ring (bicyclic) bond motifs is 1. The summed E-state index contributed by atoms with van der Waals surface area (Å²) in [6.45, 7) is 1.23. The number of piperidine rings is 1. The van der Waals surface area contributed by atoms with Crippen molar-refractivity contribution in [3.05, 3.63) is 47.0 Å². The molecule has 2 saturated heterocycles. The van der Waals surface area contributed by atoms with E-state index in [-0.39, 0.29) is 47.8 Å². The fourth-order valence-corrected chi connectivity index (χ4v) is 7.42. The van der Waals surface area contributed by atoms with Gasteiger partial charge >= 0.3 is 5.69 Å². The monoisotopic (exact) mass is 610 g/mol. The van der Waals surface area contributed by atoms with Crippen molar-refractivity contribution in [2.75, 3.05) is 39.9 Å². The first-order chi connectivity index (χ1) is 19.4. The minimum Gasteiger partial charge on any atom is -0.491 e. The Morgan fingerprint density at radius 3 is 2.71 bits per heavy atom. The number of pyridine rings is 1. The van der Waals surface area contributed by atoms with Crippen LogP contribution in [0.2, 0.25) is 0 Å². The van der Waals surface area contributed by atoms with Crippen LogP contribution in [0.25, 0.3) is 11.2 Å². The molecule has 2 fully saturated rings. The van der Waals surface area contributed by atoms with Crippen molar-refractivity contribution in [3.8, 4) is 5.75 Å². The molecule has 2 aromatic heterocycles. The second-order valence-corrected chi connectivity index (χ2v) is 14.2. The zero-order valence-corrected chi connectivity index (χ0v) is 24.4. The number of H-pyrrole nitrogens is 1. The van der Waals surface area contributed by atoms with E-state index in [1.807, 2.05) is 0 Å². The predicted molar refractivity (Wildman–Crippen MR) is 149 cm³/mol. The molecule has 4 N–H and O–H groups in total. The number of aromatic amines is 1. The third-order valence-corrected chi connectivity index (χ3v) is 10.9. The smallest absolute Gasteiger partial charge is 0.327 e. The molecule has 1 aromatic carbocycles. The van der Waals surface area contributed by atoms with Gasteiger partial charge in [-0.3, -0.25) is 4.57 Å². The van der Waals surface area contributed by atoms with E-state index in [2.05, 4.69) is 20.0 Å². The number of aliphatic hydroxyl groups excluding tert-OH is 1. The number of benzene rings is 1. The van der Waals surface area contributed by atoms with E-state index in [0.717, 1.165) is 0 Å². The topological polar surface area (TPSA) is 185 Å². The molecular formula is C25H34N6O8S2. The summed E-state index contributed by atoms with van der Waals surface area (Å²) in [6.07, 6.45) is 2.17. The Labute approximate surface area is 237 Å². The van der Waals surface area contributed by atoms with Gasteiger partial charge in [0.2, 0.25) is 20.0 Å². The van der Waals surface area contributed by atoms with Gasteiger partial charge in [-0.25, -0.2) is 31.3 Å². The molecule has 16 heteroatoms. The highest BCUT2D eigenvalue weighted by Crippen LogP contribution is 2.37. The van der Waals surface area contributed by atoms with Crippen LogP contribution in [0.1, 0.15) is 19.3 Å². The molecule has 2 atom stereocenters. The van der Waals surface area contributed by atoms with Crippen LogP contribution in [0.3, 0.4) is 0 Å². The first-order valence-corrected chi connectivity index (χ1v) is 16.1. The molecule has 0 amide bonds. The van der Waals surface area contributed by atoms with E-state index in [1.165, 1.54) is 40.3 Å². The Morgan fingerprint density at radius 2 is 1.98 bits per heavy atom. The Morgan fingerprint density at radius 1 is 1.22 bits per heavy atom. The normalized spacial score (nSPS) is 20.5. The lowest BCUT2D eigenvalue weighted by Gasteiger charge is -2.38. The molecule has 2 aliphatic rings. The fourth-order valence-electron chi connectivity index (χ4n) is 5.24. The molecule has 0 radical (unpaired) electrons. The SMILES string of the molecule is CNS(=O)(=O)c1cccc(OCC(O)CN[C@H]2COC3(CCN(S(=O)(=O)c4cnc5c(c4)[nH]c(=O)n5C)CC3)C2)c1. The van der Waals surface area contributed by atoms with Crippen LogP contribution >= 0.6 is 0 Å². The van der Waals surface area contributed by atoms with E-state index in [1.54, 1.807) is 19.2 Å². The van der Waals surface area contributed by atoms with Crippen molar-refractivity contribution < 1.29 is 31.4 Å². The summed E-state index contributed by atoms with van der Waals surface area (Å²) in [5.74, 6) is 0.331. The number of imidazole rings is 1. The average molecular weight is 611 g/mol. The number of aryl methyl sites for hydroxylation is 1. The van der Waals surface area contributed by atoms with Crippen LogP contribution in [-0.4, -0.2) is 98.4 Å². The Bertz CT molecular complexity index is 1680. The van der Waals surface area contributed by atoms with E-state index in [0.29, 0.717) is 42.8 Å². The number of hydrogen-bond acceptors (Lipinski definition) is 10. The highest BCUT2D eigenvalue weighted by atomic mass is 32.2. The molecule has 3 aromatic rings. The highest BCUT2D eigenvalue weighted by molar-refractivity contribution is 7.89. The van der Waals surface area contributed by atoms with Crippen molar-refractivity contribution in [1.82, 2.24) is 28.9 Å². The van der Waals surface area contributed by atoms with Gasteiger partial charge in [0, 0.05) is 45.0 Å². The molecular weight excluding hydrogens is 576 g/mol. The first kappa shape index (κ1) is 29.6. The molecule has 224 valence electrons. The maximum Gasteiger partial charge on any atom is 0.327 e. The molecule has 0 bridgehead atoms. The molecule has 5 rings (SSSR count). The Hall–Kier alpha value is -2.86. The minimum absolute atomic E-state index is 0.0154. The Kier molecular flexibility index (Phi) is 8.26. The van der Waals surface area contributed by atoms with Gasteiger partial charge in [-0.2, -0.15) is 4.31 Å². The van der Waals surface area contributed by atoms with Crippen molar-refractivity contribution in [2.45, 2.75) is 46.8 Å². The van der Waals surface area contributed by atoms with Crippen LogP contribution < -0.4 is 20.5 Å². The predicted octanol–water partition coefficient (Wildman–Crippen LogP) is -0.489. The molecule has 0 saturated carbocycles. The molecule has 0 aliphatic carbocycles. The number of nitrogens with one attached hydrogen (secondary N) is 3. The van der Waals surface area contributed by atoms with Crippen LogP contribution in [0, 0.1) is 0 Å². The molecule has 4 heterocycles. The summed E-state index contributed by atoms with van der Waals surface area (Å²) in [4.78, 5) is 18.7. The van der Waals surface area contributed by atoms with Gasteiger partial charge < -0.3 is 24.9 Å². The second kappa shape index (κ2) is 11.4. The zero-order valence-electron chi connectivity index (χ0n) is 22.7. The van der Waals surface area contributed by atoms with Crippen LogP contribution in [0.4, 0.5) is 0 Å². The second-order valence-electron chi connectivity index (χ2n) is 10.4. The van der Waals surface area contributed by atoms with Gasteiger partial charge in [-0.1, -0.05) is 6.07 Å². The van der Waals surface area contributed by atoms with Crippen LogP contribution in [0.15, 0.2) is 51.1 Å². The van der Waals surface area contributed by atoms with E-state index in [9.17, 15) is 26.7 Å². The standard InChI is InChI=1S/C25H34N6O8S2/c1-26-40(34,35)20-5-3-4-19(10-20)38-16-18(32)13-27-17-12-25(39-15-17)6-8-31(9-7-25)41(36,37)21-11-22-23(28-14-21)30(2)24(33)29-22/h3-5,10-11,14,17-18,26-27,32H,6-9,12-13,15-16H2,1-2H3,(H,29,33)/t17-,18?/m1/s1. The number of nitrogens with zero attached hydrogens (tertiary/aromatic N) is 3. The summed E-state index contributed by atoms with van der Waals surface area (Å²) in [5, 5.41) is 13.7. The largest absolute Gasteiger partial charge is 0.491 e. The Balaban J connectivity index is 1.10. The van der Waals surface area contributed by atoms with Crippen LogP contribution in [-0.2, 0) is 31.8 Å². The lowest BCUT2D eigenvalue weighted by molar-refractivity contribution is -0.0312. The van der Waals surface area contributed by atoms with E-state index < -0.39 is 31.8 Å². The van der Waals surface area contributed by atoms with E-state index >= 15 is 0 Å². The maximum absolute atomic E-state index is 13.3. The van der Waals surface area contributed by atoms with Gasteiger partial charge in [0.1, 0.15) is 23.4 Å². The minimum atomic E-state index is -3.80. The quantitative estimate of drug-likeness (QED) is 0.234. The third-order valence-electron chi connectivity index (χ3n) is 7.66. The summed E-state index contributed by atoms with van der Waals surface area (Å²) < 4.78 is 67.2. The molecule has 14 nitrogen and oxygen atoms in total. The number of ether oxygens (including phenoxy) is 2. The van der Waals surface area contributed by atoms with Crippen LogP contribution in [0.5, 0.6) is 5.75 Å². The summed E-state index contributed by atoms with van der Waals surface area (Å²) in [7, 11) is -4.50. The number of aliphatic hydroxyl groups is 1. The van der Waals surface area contributed by atoms with Gasteiger partial charge in [0.05, 0.1) is 22.6 Å². The van der Waals surface area contributed by atoms with Crippen molar-refractivity contribution in [2.24, 2.45) is 7.05 Å². The lowest BCUT2D eigenvalue weighted by Crippen LogP contribution is -2.47. The summed E-state index contributed by atoms with van der Waals surface area (Å²) in [6, 6.07) is 7.45. The zero-order chi connectivity index (χ0) is 29.4. The van der Waals surface area contributed by atoms with Gasteiger partial charge in [0.15, 0.2) is 5.65 Å². The summed E-state index contributed by atoms with van der Waals surface area (Å²) >= 11 is 0. The third kappa shape index (κ3) is 6.18. The van der Waals surface area contributed by atoms with E-state index in [4.69, 9.17) is 9.47 Å². The number of hydrogen-bond donors (Lipinski definition) is 4. The fraction of sp³-hybridized carbons (Fsp3) is 0.520. The number of sulfonamides is 2. The van der Waals surface area contributed by atoms with Gasteiger partial charge in [0.25, 0.3) is 0 Å². The summed E-state index contributed by atoms with van der Waals surface area (Å²) in [5.41, 5.74) is -0.0635. The van der Waals surface area contributed by atoms with Gasteiger partial charge in [-0.15, -0.1) is 0 Å². The van der Waals surface area contributed by atoms with Crippen molar-refractivity contribution in [3.63, 3.8) is 0 Å². The highest BCUT2D eigenvalue weighted by Gasteiger charge is 2.44. The number of rotatable bonds is 10. The van der Waals surface area contributed by atoms with Crippen molar-refractivity contribution in [1.29, 1.82) is 0 Å². The van der Waals surface area contributed by atoms with Gasteiger partial charge in [-0.05, 0) is 44.5 Å². The maximum atomic E-state index is 13.3. The number of aromatic nitrogens is 3. The molecule has 1 spiro atoms. The first-order valence-electron chi connectivity index (χ1n) is 13.2. The average Bonchev–Trinajstić information content (AvgIpc) is 3.49. The molecule has 1 unspecified atom stereocenters. The molecule has 2 aliphatic heterocycles. The molecule has 41 heavy (non-hydrogen) atoms. The van der Waals surface area contributed by atoms with Crippen molar-refractivity contribution >= 4 is 31.2 Å². The lowest BCUT2D eigenvalue weighted by atomic mass is 9.88.